The van der Waals surface area contributed by atoms with Gasteiger partial charge in [0.2, 0.25) is 5.82 Å². The molecule has 8 heteroatoms. The second-order valence-electron chi connectivity index (χ2n) is 2.82. The van der Waals surface area contributed by atoms with Crippen molar-refractivity contribution in [1.29, 1.82) is 0 Å². The van der Waals surface area contributed by atoms with Crippen LogP contribution in [0.25, 0.3) is 5.78 Å². The fourth-order valence-electron chi connectivity index (χ4n) is 1.10. The molecule has 2 aromatic rings. The number of aromatic nitrogens is 4. The number of rotatable bonds is 1. The third-order valence-electron chi connectivity index (χ3n) is 1.71. The number of aryl methyl sites for hydroxylation is 1. The molecule has 0 aliphatic rings. The van der Waals surface area contributed by atoms with Gasteiger partial charge in [0.1, 0.15) is 5.03 Å². The summed E-state index contributed by atoms with van der Waals surface area (Å²) in [6.45, 7) is 1.76. The van der Waals surface area contributed by atoms with Gasteiger partial charge >= 0.3 is 5.91 Å². The molecule has 1 amide bonds. The number of fused-ring (bicyclic) bond motifs is 1. The first-order valence-corrected chi connectivity index (χ1v) is 4.38. The molecule has 0 spiro atoms. The molecule has 15 heavy (non-hydrogen) atoms. The molecule has 0 saturated heterocycles. The lowest BCUT2D eigenvalue weighted by molar-refractivity contribution is 0.0695. The van der Waals surface area contributed by atoms with E-state index in [0.717, 1.165) is 0 Å². The Morgan fingerprint density at radius 1 is 1.60 bits per heavy atom. The number of amides is 1. The van der Waals surface area contributed by atoms with Gasteiger partial charge in [0.25, 0.3) is 5.78 Å². The molecule has 0 aromatic carbocycles. The van der Waals surface area contributed by atoms with E-state index < -0.39 is 5.91 Å². The van der Waals surface area contributed by atoms with E-state index in [1.54, 1.807) is 13.0 Å². The number of nitrogens with one attached hydrogen (secondary N) is 1. The van der Waals surface area contributed by atoms with Crippen LogP contribution in [0.3, 0.4) is 0 Å². The van der Waals surface area contributed by atoms with Crippen LogP contribution in [-0.2, 0) is 0 Å². The van der Waals surface area contributed by atoms with Crippen molar-refractivity contribution in [2.75, 3.05) is 0 Å². The molecule has 0 atom stereocenters. The van der Waals surface area contributed by atoms with E-state index in [0.29, 0.717) is 10.7 Å². The predicted octanol–water partition coefficient (Wildman–Crippen LogP) is 0.108. The summed E-state index contributed by atoms with van der Waals surface area (Å²) in [5.74, 6) is -0.743. The number of carbonyl (C=O) groups excluding carboxylic acids is 1. The Morgan fingerprint density at radius 3 is 3.00 bits per heavy atom. The molecule has 1 radical (unpaired) electrons. The molecular weight excluding hydrogens is 218 g/mol. The summed E-state index contributed by atoms with van der Waals surface area (Å²) in [4.78, 5) is 18.9. The Labute approximate surface area is 89.5 Å². The van der Waals surface area contributed by atoms with E-state index in [1.807, 2.05) is 0 Å². The van der Waals surface area contributed by atoms with E-state index in [-0.39, 0.29) is 11.6 Å². The molecule has 7 nitrogen and oxygen atoms in total. The van der Waals surface area contributed by atoms with Crippen LogP contribution < -0.4 is 5.48 Å². The van der Waals surface area contributed by atoms with E-state index in [2.05, 4.69) is 15.1 Å². The predicted molar refractivity (Wildman–Crippen MR) is 50.6 cm³/mol. The Bertz CT molecular complexity index is 537. The van der Waals surface area contributed by atoms with Gasteiger partial charge in [0, 0.05) is 5.69 Å². The van der Waals surface area contributed by atoms with Crippen molar-refractivity contribution in [2.45, 2.75) is 11.9 Å². The summed E-state index contributed by atoms with van der Waals surface area (Å²) >= 11 is 5.00. The number of hydrogen-bond donors (Lipinski definition) is 2. The summed E-state index contributed by atoms with van der Waals surface area (Å²) in [5.41, 5.74) is 2.13. The second-order valence-corrected chi connectivity index (χ2v) is 3.24. The average molecular weight is 224 g/mol. The Balaban J connectivity index is 2.65. The van der Waals surface area contributed by atoms with Crippen LogP contribution in [-0.4, -0.2) is 30.7 Å². The van der Waals surface area contributed by atoms with Crippen LogP contribution in [0.2, 0.25) is 0 Å². The monoisotopic (exact) mass is 224 g/mol. The van der Waals surface area contributed by atoms with Gasteiger partial charge in [-0.15, -0.1) is 5.10 Å². The fourth-order valence-corrected chi connectivity index (χ4v) is 1.39. The topological polar surface area (TPSA) is 92.4 Å². The van der Waals surface area contributed by atoms with Crippen LogP contribution in [0.4, 0.5) is 0 Å². The largest absolute Gasteiger partial charge is 0.314 e. The quantitative estimate of drug-likeness (QED) is 0.407. The number of carbonyl (C=O) groups is 1. The van der Waals surface area contributed by atoms with Crippen molar-refractivity contribution in [1.82, 2.24) is 25.1 Å². The van der Waals surface area contributed by atoms with Gasteiger partial charge in [-0.25, -0.2) is 10.5 Å². The average Bonchev–Trinajstić information content (AvgIpc) is 2.60. The van der Waals surface area contributed by atoms with Crippen LogP contribution in [0.1, 0.15) is 16.3 Å². The van der Waals surface area contributed by atoms with Crippen molar-refractivity contribution >= 4 is 24.3 Å². The lowest BCUT2D eigenvalue weighted by Gasteiger charge is -1.95. The summed E-state index contributed by atoms with van der Waals surface area (Å²) in [6, 6.07) is 1.64. The molecule has 0 aliphatic heterocycles. The smallest absolute Gasteiger partial charge is 0.288 e. The van der Waals surface area contributed by atoms with Crippen molar-refractivity contribution in [3.05, 3.63) is 17.6 Å². The van der Waals surface area contributed by atoms with Crippen LogP contribution in [0.15, 0.2) is 11.1 Å². The van der Waals surface area contributed by atoms with Crippen molar-refractivity contribution in [2.24, 2.45) is 0 Å². The highest BCUT2D eigenvalue weighted by Crippen LogP contribution is 2.09. The van der Waals surface area contributed by atoms with E-state index >= 15 is 0 Å². The molecule has 2 heterocycles. The van der Waals surface area contributed by atoms with Gasteiger partial charge in [0.15, 0.2) is 0 Å². The first-order valence-electron chi connectivity index (χ1n) is 3.97. The highest BCUT2D eigenvalue weighted by molar-refractivity contribution is 7.80. The summed E-state index contributed by atoms with van der Waals surface area (Å²) < 4.78 is 1.26. The zero-order valence-corrected chi connectivity index (χ0v) is 8.45. The maximum absolute atomic E-state index is 11.0. The van der Waals surface area contributed by atoms with Gasteiger partial charge < -0.3 is 0 Å². The Morgan fingerprint density at radius 2 is 2.33 bits per heavy atom. The zero-order chi connectivity index (χ0) is 11.0. The van der Waals surface area contributed by atoms with Gasteiger partial charge in [-0.2, -0.15) is 9.50 Å². The fraction of sp³-hybridized carbons (Fsp3) is 0.143. The molecule has 0 unspecified atom stereocenters. The van der Waals surface area contributed by atoms with Gasteiger partial charge in [-0.3, -0.25) is 10.0 Å². The molecule has 0 aliphatic carbocycles. The van der Waals surface area contributed by atoms with Crippen molar-refractivity contribution in [3.63, 3.8) is 0 Å². The number of hydroxylamine groups is 1. The second kappa shape index (κ2) is 3.41. The highest BCUT2D eigenvalue weighted by atomic mass is 32.1. The van der Waals surface area contributed by atoms with E-state index in [9.17, 15) is 4.79 Å². The molecule has 0 saturated carbocycles. The summed E-state index contributed by atoms with van der Waals surface area (Å²) in [6.07, 6.45) is 0. The van der Waals surface area contributed by atoms with E-state index in [4.69, 9.17) is 17.8 Å². The van der Waals surface area contributed by atoms with Gasteiger partial charge in [0.05, 0.1) is 0 Å². The Hall–Kier alpha value is -1.80. The summed E-state index contributed by atoms with van der Waals surface area (Å²) in [7, 11) is 0. The highest BCUT2D eigenvalue weighted by Gasteiger charge is 2.14. The molecule has 2 rings (SSSR count). The van der Waals surface area contributed by atoms with E-state index in [1.165, 1.54) is 10.00 Å². The third-order valence-corrected chi connectivity index (χ3v) is 2.00. The van der Waals surface area contributed by atoms with Crippen molar-refractivity contribution in [3.8, 4) is 0 Å². The normalized spacial score (nSPS) is 10.5. The molecule has 2 aromatic heterocycles. The molecule has 0 fully saturated rings. The maximum Gasteiger partial charge on any atom is 0.314 e. The molecular formula is C7H6N5O2S. The number of hydrogen-bond acceptors (Lipinski definition) is 5. The lowest BCUT2D eigenvalue weighted by atomic mass is 10.5. The molecule has 2 N–H and O–H groups in total. The third kappa shape index (κ3) is 1.60. The minimum absolute atomic E-state index is 0.179. The SMILES string of the molecule is Cc1cc([S])n2nc(C(=O)NO)nc2n1. The van der Waals surface area contributed by atoms with Gasteiger partial charge in [-0.05, 0) is 13.0 Å². The van der Waals surface area contributed by atoms with Crippen LogP contribution in [0.5, 0.6) is 0 Å². The Kier molecular flexibility index (Phi) is 2.21. The lowest BCUT2D eigenvalue weighted by Crippen LogP contribution is -2.20. The van der Waals surface area contributed by atoms with Crippen molar-refractivity contribution < 1.29 is 10.0 Å². The minimum Gasteiger partial charge on any atom is -0.288 e. The van der Waals surface area contributed by atoms with Crippen LogP contribution >= 0.6 is 12.6 Å². The van der Waals surface area contributed by atoms with Gasteiger partial charge in [-0.1, -0.05) is 12.6 Å². The summed E-state index contributed by atoms with van der Waals surface area (Å²) in [5, 5.41) is 12.6. The maximum atomic E-state index is 11.0. The zero-order valence-electron chi connectivity index (χ0n) is 7.63. The standard InChI is InChI=1S/C7H6N5O2S/c1-3-2-4(15)12-7(8-3)9-5(10-12)6(13)11-14/h2,14H,1H3,(H,11,13). The number of nitrogens with zero attached hydrogens (tertiary/aromatic N) is 4. The molecule has 77 valence electrons. The minimum atomic E-state index is -0.799. The first-order chi connectivity index (χ1) is 7.11. The van der Waals surface area contributed by atoms with Crippen LogP contribution in [0, 0.1) is 6.92 Å². The first kappa shape index (κ1) is 9.74. The molecule has 0 bridgehead atoms.